The van der Waals surface area contributed by atoms with Crippen molar-refractivity contribution in [2.75, 3.05) is 24.7 Å². The maximum Gasteiger partial charge on any atom is 0.253 e. The second-order valence-corrected chi connectivity index (χ2v) is 6.09. The highest BCUT2D eigenvalue weighted by Gasteiger charge is 2.11. The van der Waals surface area contributed by atoms with Gasteiger partial charge in [0.15, 0.2) is 0 Å². The Kier molecular flexibility index (Phi) is 5.59. The lowest BCUT2D eigenvalue weighted by atomic mass is 10.1. The van der Waals surface area contributed by atoms with Gasteiger partial charge >= 0.3 is 0 Å². The Hall–Kier alpha value is -1.31. The molecule has 0 fully saturated rings. The molecule has 0 aliphatic heterocycles. The number of anilines is 1. The molecule has 0 saturated heterocycles. The molecule has 0 saturated carbocycles. The van der Waals surface area contributed by atoms with Gasteiger partial charge in [0.25, 0.3) is 5.91 Å². The van der Waals surface area contributed by atoms with Crippen molar-refractivity contribution in [3.63, 3.8) is 0 Å². The predicted molar refractivity (Wildman–Crippen MR) is 75.9 cm³/mol. The lowest BCUT2D eigenvalue weighted by molar-refractivity contribution is 0.0954. The van der Waals surface area contributed by atoms with Crippen LogP contribution in [0, 0.1) is 0 Å². The van der Waals surface area contributed by atoms with E-state index >= 15 is 0 Å². The molecule has 0 unspecified atom stereocenters. The molecule has 0 aliphatic carbocycles. The van der Waals surface area contributed by atoms with E-state index in [1.807, 2.05) is 0 Å². The first-order chi connectivity index (χ1) is 8.83. The summed E-state index contributed by atoms with van der Waals surface area (Å²) in [5.74, 6) is -0.483. The summed E-state index contributed by atoms with van der Waals surface area (Å²) in [4.78, 5) is 11.9. The minimum atomic E-state index is -3.49. The lowest BCUT2D eigenvalue weighted by Gasteiger charge is -2.10. The average Bonchev–Trinajstić information content (AvgIpc) is 2.33. The quantitative estimate of drug-likeness (QED) is 0.676. The Morgan fingerprint density at radius 2 is 2.11 bits per heavy atom. The largest absolute Gasteiger partial charge is 0.387 e. The SMILES string of the molecule is CNc1ccc(Cl)cc1C(=O)NCCCS(N)(=O)=O. The number of nitrogens with two attached hydrogens (primary N) is 1. The number of sulfonamides is 1. The predicted octanol–water partition coefficient (Wildman–Crippen LogP) is 0.790. The number of carbonyl (C=O) groups excluding carboxylic acids is 1. The van der Waals surface area contributed by atoms with Gasteiger partial charge in [-0.1, -0.05) is 11.6 Å². The fraction of sp³-hybridized carbons (Fsp3) is 0.364. The summed E-state index contributed by atoms with van der Waals surface area (Å²) in [5, 5.41) is 10.8. The molecule has 19 heavy (non-hydrogen) atoms. The van der Waals surface area contributed by atoms with Crippen LogP contribution in [0.5, 0.6) is 0 Å². The number of hydrogen-bond donors (Lipinski definition) is 3. The van der Waals surface area contributed by atoms with E-state index in [9.17, 15) is 13.2 Å². The van der Waals surface area contributed by atoms with Crippen LogP contribution in [0.1, 0.15) is 16.8 Å². The van der Waals surface area contributed by atoms with Gasteiger partial charge in [0, 0.05) is 24.3 Å². The van der Waals surface area contributed by atoms with E-state index in [1.165, 1.54) is 0 Å². The van der Waals surface area contributed by atoms with Crippen molar-refractivity contribution in [1.29, 1.82) is 0 Å². The zero-order valence-corrected chi connectivity index (χ0v) is 12.0. The van der Waals surface area contributed by atoms with Crippen molar-refractivity contribution in [3.05, 3.63) is 28.8 Å². The Morgan fingerprint density at radius 1 is 1.42 bits per heavy atom. The number of carbonyl (C=O) groups is 1. The fourth-order valence-corrected chi connectivity index (χ4v) is 2.21. The second-order valence-electron chi connectivity index (χ2n) is 3.92. The molecule has 8 heteroatoms. The Bertz CT molecular complexity index is 560. The standard InChI is InChI=1S/C11H16ClN3O3S/c1-14-10-4-3-8(12)7-9(10)11(16)15-5-2-6-19(13,17)18/h3-4,7,14H,2,5-6H2,1H3,(H,15,16)(H2,13,17,18). The molecule has 0 radical (unpaired) electrons. The highest BCUT2D eigenvalue weighted by Crippen LogP contribution is 2.20. The molecule has 0 heterocycles. The van der Waals surface area contributed by atoms with Crippen LogP contribution in [0.2, 0.25) is 5.02 Å². The summed E-state index contributed by atoms with van der Waals surface area (Å²) in [5.41, 5.74) is 1.05. The third kappa shape index (κ3) is 5.46. The van der Waals surface area contributed by atoms with E-state index in [1.54, 1.807) is 25.2 Å². The van der Waals surface area contributed by atoms with Gasteiger partial charge in [-0.05, 0) is 24.6 Å². The smallest absolute Gasteiger partial charge is 0.253 e. The third-order valence-electron chi connectivity index (χ3n) is 2.39. The topological polar surface area (TPSA) is 101 Å². The van der Waals surface area contributed by atoms with Crippen LogP contribution in [0.25, 0.3) is 0 Å². The minimum absolute atomic E-state index is 0.165. The zero-order chi connectivity index (χ0) is 14.5. The molecule has 0 bridgehead atoms. The van der Waals surface area contributed by atoms with Crippen LogP contribution >= 0.6 is 11.6 Å². The normalized spacial score (nSPS) is 11.1. The minimum Gasteiger partial charge on any atom is -0.387 e. The molecule has 1 aromatic carbocycles. The van der Waals surface area contributed by atoms with Crippen LogP contribution in [0.15, 0.2) is 18.2 Å². The summed E-state index contributed by atoms with van der Waals surface area (Å²) < 4.78 is 21.5. The van der Waals surface area contributed by atoms with Gasteiger partial charge in [-0.3, -0.25) is 4.79 Å². The second kappa shape index (κ2) is 6.74. The highest BCUT2D eigenvalue weighted by atomic mass is 35.5. The van der Waals surface area contributed by atoms with Crippen molar-refractivity contribution < 1.29 is 13.2 Å². The first-order valence-corrected chi connectivity index (χ1v) is 7.69. The molecule has 4 N–H and O–H groups in total. The van der Waals surface area contributed by atoms with Gasteiger partial charge in [0.2, 0.25) is 10.0 Å². The highest BCUT2D eigenvalue weighted by molar-refractivity contribution is 7.89. The zero-order valence-electron chi connectivity index (χ0n) is 10.4. The summed E-state index contributed by atoms with van der Waals surface area (Å²) >= 11 is 5.84. The van der Waals surface area contributed by atoms with Gasteiger partial charge in [0.1, 0.15) is 0 Å². The maximum absolute atomic E-state index is 11.9. The average molecular weight is 306 g/mol. The number of amides is 1. The molecule has 1 rings (SSSR count). The first-order valence-electron chi connectivity index (χ1n) is 5.59. The van der Waals surface area contributed by atoms with E-state index in [2.05, 4.69) is 10.6 Å². The summed E-state index contributed by atoms with van der Waals surface area (Å²) in [7, 11) is -1.80. The number of hydrogen-bond acceptors (Lipinski definition) is 4. The van der Waals surface area contributed by atoms with E-state index < -0.39 is 10.0 Å². The van der Waals surface area contributed by atoms with E-state index in [0.29, 0.717) is 16.3 Å². The van der Waals surface area contributed by atoms with Crippen molar-refractivity contribution >= 4 is 33.2 Å². The maximum atomic E-state index is 11.9. The van der Waals surface area contributed by atoms with Gasteiger partial charge in [-0.25, -0.2) is 13.6 Å². The van der Waals surface area contributed by atoms with Crippen LogP contribution in [0.3, 0.4) is 0 Å². The molecule has 0 atom stereocenters. The van der Waals surface area contributed by atoms with Crippen LogP contribution in [-0.2, 0) is 10.0 Å². The molecule has 0 aromatic heterocycles. The Labute approximate surface area is 117 Å². The van der Waals surface area contributed by atoms with E-state index in [-0.39, 0.29) is 24.6 Å². The molecule has 0 aliphatic rings. The van der Waals surface area contributed by atoms with E-state index in [4.69, 9.17) is 16.7 Å². The Balaban J connectivity index is 2.61. The molecular formula is C11H16ClN3O3S. The Morgan fingerprint density at radius 3 is 2.68 bits per heavy atom. The first kappa shape index (κ1) is 15.7. The molecular weight excluding hydrogens is 290 g/mol. The van der Waals surface area contributed by atoms with Crippen LogP contribution < -0.4 is 15.8 Å². The van der Waals surface area contributed by atoms with Crippen molar-refractivity contribution in [2.45, 2.75) is 6.42 Å². The number of benzene rings is 1. The summed E-state index contributed by atoms with van der Waals surface area (Å²) in [6.45, 7) is 0.227. The van der Waals surface area contributed by atoms with Gasteiger partial charge in [0.05, 0.1) is 11.3 Å². The number of halogens is 1. The van der Waals surface area contributed by atoms with E-state index in [0.717, 1.165) is 0 Å². The molecule has 6 nitrogen and oxygen atoms in total. The van der Waals surface area contributed by atoms with Gasteiger partial charge in [-0.2, -0.15) is 0 Å². The van der Waals surface area contributed by atoms with Crippen molar-refractivity contribution in [3.8, 4) is 0 Å². The number of primary sulfonamides is 1. The lowest BCUT2D eigenvalue weighted by Crippen LogP contribution is -2.27. The monoisotopic (exact) mass is 305 g/mol. The summed E-state index contributed by atoms with van der Waals surface area (Å²) in [6.07, 6.45) is 0.264. The number of nitrogens with one attached hydrogen (secondary N) is 2. The fourth-order valence-electron chi connectivity index (χ4n) is 1.49. The molecule has 1 aromatic rings. The molecule has 1 amide bonds. The van der Waals surface area contributed by atoms with Gasteiger partial charge < -0.3 is 10.6 Å². The van der Waals surface area contributed by atoms with Crippen molar-refractivity contribution in [1.82, 2.24) is 5.32 Å². The van der Waals surface area contributed by atoms with Gasteiger partial charge in [-0.15, -0.1) is 0 Å². The third-order valence-corrected chi connectivity index (χ3v) is 3.48. The van der Waals surface area contributed by atoms with Crippen LogP contribution in [0.4, 0.5) is 5.69 Å². The van der Waals surface area contributed by atoms with Crippen molar-refractivity contribution in [2.24, 2.45) is 5.14 Å². The summed E-state index contributed by atoms with van der Waals surface area (Å²) in [6, 6.07) is 4.91. The van der Waals surface area contributed by atoms with Crippen LogP contribution in [-0.4, -0.2) is 33.7 Å². The molecule has 0 spiro atoms. The molecule has 106 valence electrons. The number of rotatable bonds is 6.